The van der Waals surface area contributed by atoms with Gasteiger partial charge in [0.2, 0.25) is 0 Å². The van der Waals surface area contributed by atoms with Crippen molar-refractivity contribution in [2.45, 2.75) is 6.42 Å². The van der Waals surface area contributed by atoms with Crippen LogP contribution in [0.2, 0.25) is 5.15 Å². The van der Waals surface area contributed by atoms with Crippen molar-refractivity contribution < 1.29 is 9.50 Å². The fourth-order valence-corrected chi connectivity index (χ4v) is 2.55. The highest BCUT2D eigenvalue weighted by Crippen LogP contribution is 2.23. The van der Waals surface area contributed by atoms with E-state index in [1.807, 2.05) is 0 Å². The molecule has 124 valence electrons. The molecule has 0 saturated heterocycles. The first-order valence-electron chi connectivity index (χ1n) is 7.26. The minimum atomic E-state index is -0.323. The van der Waals surface area contributed by atoms with E-state index in [1.165, 1.54) is 23.1 Å². The lowest BCUT2D eigenvalue weighted by molar-refractivity contribution is 0.470. The van der Waals surface area contributed by atoms with Gasteiger partial charge in [-0.15, -0.1) is 0 Å². The van der Waals surface area contributed by atoms with E-state index in [4.69, 9.17) is 11.6 Å². The Bertz CT molecular complexity index is 1080. The van der Waals surface area contributed by atoms with Gasteiger partial charge in [0.15, 0.2) is 22.4 Å². The van der Waals surface area contributed by atoms with Crippen molar-refractivity contribution in [2.75, 3.05) is 0 Å². The average molecular weight is 357 g/mol. The van der Waals surface area contributed by atoms with Gasteiger partial charge in [0, 0.05) is 6.42 Å². The van der Waals surface area contributed by atoms with Gasteiger partial charge in [0.25, 0.3) is 0 Å². The van der Waals surface area contributed by atoms with E-state index < -0.39 is 0 Å². The number of aromatic nitrogens is 6. The second-order valence-corrected chi connectivity index (χ2v) is 5.60. The van der Waals surface area contributed by atoms with Crippen molar-refractivity contribution in [2.24, 2.45) is 0 Å². The Hall–Kier alpha value is -3.13. The van der Waals surface area contributed by atoms with E-state index >= 15 is 0 Å². The molecule has 4 aromatic rings. The Labute approximate surface area is 145 Å². The predicted molar refractivity (Wildman–Crippen MR) is 87.7 cm³/mol. The summed E-state index contributed by atoms with van der Waals surface area (Å²) in [6.45, 7) is 0. The molecular weight excluding hydrogens is 347 g/mol. The summed E-state index contributed by atoms with van der Waals surface area (Å²) in [6, 6.07) is 6.46. The third kappa shape index (κ3) is 2.87. The quantitative estimate of drug-likeness (QED) is 0.568. The molecule has 0 saturated carbocycles. The molecule has 9 heteroatoms. The molecular formula is C16H10ClFN6O. The van der Waals surface area contributed by atoms with E-state index in [1.54, 1.807) is 24.4 Å². The van der Waals surface area contributed by atoms with Gasteiger partial charge in [0.1, 0.15) is 17.8 Å². The van der Waals surface area contributed by atoms with Crippen LogP contribution >= 0.6 is 11.6 Å². The van der Waals surface area contributed by atoms with Crippen molar-refractivity contribution in [3.8, 4) is 17.3 Å². The molecule has 1 aromatic carbocycles. The molecule has 0 unspecified atom stereocenters. The molecule has 1 N–H and O–H groups in total. The monoisotopic (exact) mass is 356 g/mol. The van der Waals surface area contributed by atoms with Gasteiger partial charge in [-0.2, -0.15) is 5.10 Å². The van der Waals surface area contributed by atoms with Crippen LogP contribution in [0.15, 0.2) is 43.0 Å². The highest BCUT2D eigenvalue weighted by Gasteiger charge is 2.15. The van der Waals surface area contributed by atoms with Crippen LogP contribution in [0.25, 0.3) is 17.2 Å². The van der Waals surface area contributed by atoms with Gasteiger partial charge in [-0.1, -0.05) is 29.8 Å². The van der Waals surface area contributed by atoms with Crippen LogP contribution in [0.4, 0.5) is 4.39 Å². The van der Waals surface area contributed by atoms with Gasteiger partial charge in [-0.05, 0) is 11.6 Å². The Morgan fingerprint density at radius 3 is 2.80 bits per heavy atom. The third-order valence-electron chi connectivity index (χ3n) is 3.60. The third-order valence-corrected chi connectivity index (χ3v) is 3.88. The van der Waals surface area contributed by atoms with Crippen LogP contribution in [0.1, 0.15) is 11.3 Å². The molecule has 0 aliphatic carbocycles. The minimum Gasteiger partial charge on any atom is -0.504 e. The first-order valence-corrected chi connectivity index (χ1v) is 7.64. The molecule has 3 heterocycles. The van der Waals surface area contributed by atoms with Gasteiger partial charge >= 0.3 is 0 Å². The van der Waals surface area contributed by atoms with E-state index in [0.717, 1.165) is 0 Å². The Balaban J connectivity index is 1.85. The van der Waals surface area contributed by atoms with E-state index in [0.29, 0.717) is 22.6 Å². The highest BCUT2D eigenvalue weighted by atomic mass is 35.5. The molecule has 0 bridgehead atoms. The van der Waals surface area contributed by atoms with E-state index in [9.17, 15) is 9.50 Å². The lowest BCUT2D eigenvalue weighted by atomic mass is 10.1. The van der Waals surface area contributed by atoms with Crippen LogP contribution < -0.4 is 0 Å². The summed E-state index contributed by atoms with van der Waals surface area (Å²) in [7, 11) is 0. The number of halogens is 2. The molecule has 7 nitrogen and oxygen atoms in total. The average Bonchev–Trinajstić information content (AvgIpc) is 3.08. The van der Waals surface area contributed by atoms with Crippen LogP contribution in [0.5, 0.6) is 5.75 Å². The SMILES string of the molecule is Oc1cnc(-c2cn3ncnc3c(Cc3ccccc3F)n2)nc1Cl. The zero-order valence-electron chi connectivity index (χ0n) is 12.6. The highest BCUT2D eigenvalue weighted by molar-refractivity contribution is 6.30. The van der Waals surface area contributed by atoms with Crippen LogP contribution in [0, 0.1) is 5.82 Å². The summed E-state index contributed by atoms with van der Waals surface area (Å²) in [4.78, 5) is 16.7. The Morgan fingerprint density at radius 1 is 1.16 bits per heavy atom. The molecule has 0 spiro atoms. The van der Waals surface area contributed by atoms with E-state index in [2.05, 4.69) is 25.0 Å². The van der Waals surface area contributed by atoms with Crippen molar-refractivity contribution in [3.05, 3.63) is 65.2 Å². The lowest BCUT2D eigenvalue weighted by Gasteiger charge is -2.07. The first-order chi connectivity index (χ1) is 12.1. The Kier molecular flexibility index (Phi) is 3.73. The second kappa shape index (κ2) is 6.06. The summed E-state index contributed by atoms with van der Waals surface area (Å²) < 4.78 is 15.5. The fourth-order valence-electron chi connectivity index (χ4n) is 2.42. The molecule has 0 amide bonds. The smallest absolute Gasteiger partial charge is 0.181 e. The Morgan fingerprint density at radius 2 is 2.00 bits per heavy atom. The van der Waals surface area contributed by atoms with E-state index in [-0.39, 0.29) is 29.0 Å². The maximum Gasteiger partial charge on any atom is 0.181 e. The molecule has 0 radical (unpaired) electrons. The zero-order chi connectivity index (χ0) is 17.4. The van der Waals surface area contributed by atoms with Gasteiger partial charge in [0.05, 0.1) is 18.1 Å². The van der Waals surface area contributed by atoms with Crippen molar-refractivity contribution in [1.29, 1.82) is 0 Å². The summed E-state index contributed by atoms with van der Waals surface area (Å²) in [5.41, 5.74) is 1.90. The normalized spacial score (nSPS) is 11.1. The second-order valence-electron chi connectivity index (χ2n) is 5.24. The molecule has 4 rings (SSSR count). The minimum absolute atomic E-state index is 0.0823. The van der Waals surface area contributed by atoms with Crippen LogP contribution in [-0.2, 0) is 6.42 Å². The molecule has 3 aromatic heterocycles. The maximum atomic E-state index is 14.0. The predicted octanol–water partition coefficient (Wildman–Crippen LogP) is 2.67. The number of hydrogen-bond donors (Lipinski definition) is 1. The molecule has 0 atom stereocenters. The van der Waals surface area contributed by atoms with Gasteiger partial charge < -0.3 is 5.11 Å². The summed E-state index contributed by atoms with van der Waals surface area (Å²) in [5, 5.41) is 13.5. The summed E-state index contributed by atoms with van der Waals surface area (Å²) in [6.07, 6.45) is 4.40. The maximum absolute atomic E-state index is 14.0. The van der Waals surface area contributed by atoms with Gasteiger partial charge in [-0.25, -0.2) is 28.8 Å². The van der Waals surface area contributed by atoms with Crippen LogP contribution in [0.3, 0.4) is 0 Å². The van der Waals surface area contributed by atoms with Crippen molar-refractivity contribution in [1.82, 2.24) is 29.5 Å². The molecule has 25 heavy (non-hydrogen) atoms. The lowest BCUT2D eigenvalue weighted by Crippen LogP contribution is -2.04. The standard InChI is InChI=1S/C16H10ClFN6O/c17-14-13(25)6-19-15(23-14)12-7-24-16(20-8-21-24)11(22-12)5-9-3-1-2-4-10(9)18/h1-4,6-8,25H,5H2. The van der Waals surface area contributed by atoms with Crippen LogP contribution in [-0.4, -0.2) is 34.7 Å². The number of hydrogen-bond acceptors (Lipinski definition) is 6. The number of aromatic hydroxyl groups is 1. The zero-order valence-corrected chi connectivity index (χ0v) is 13.4. The summed E-state index contributed by atoms with van der Waals surface area (Å²) in [5.74, 6) is -0.329. The first kappa shape index (κ1) is 15.4. The molecule has 0 aliphatic heterocycles. The fraction of sp³-hybridized carbons (Fsp3) is 0.0625. The van der Waals surface area contributed by atoms with Crippen molar-refractivity contribution >= 4 is 17.2 Å². The topological polar surface area (TPSA) is 89.1 Å². The number of fused-ring (bicyclic) bond motifs is 1. The van der Waals surface area contributed by atoms with Gasteiger partial charge in [-0.3, -0.25) is 0 Å². The molecule has 0 fully saturated rings. The molecule has 0 aliphatic rings. The number of rotatable bonds is 3. The van der Waals surface area contributed by atoms with Crippen molar-refractivity contribution in [3.63, 3.8) is 0 Å². The number of nitrogens with zero attached hydrogens (tertiary/aromatic N) is 6. The largest absolute Gasteiger partial charge is 0.504 e. The summed E-state index contributed by atoms with van der Waals surface area (Å²) >= 11 is 5.84. The number of benzene rings is 1.